The molecule has 1 aromatic rings. The first kappa shape index (κ1) is 14.8. The molecule has 0 saturated carbocycles. The summed E-state index contributed by atoms with van der Waals surface area (Å²) in [5.74, 6) is 4.10. The monoisotopic (exact) mass is 331 g/mol. The molecule has 1 heterocycles. The summed E-state index contributed by atoms with van der Waals surface area (Å²) in [6.07, 6.45) is 1.10. The van der Waals surface area contributed by atoms with Crippen LogP contribution in [0.2, 0.25) is 0 Å². The van der Waals surface area contributed by atoms with Gasteiger partial charge < -0.3 is 0 Å². The normalized spacial score (nSPS) is 19.2. The summed E-state index contributed by atoms with van der Waals surface area (Å²) in [5.41, 5.74) is 0.433. The molecule has 19 heavy (non-hydrogen) atoms. The lowest BCUT2D eigenvalue weighted by molar-refractivity contribution is -0.139. The SMILES string of the molecule is NN1C=NC(=O)C(=O)C1c1cc(S)c(S)c(S)c1S. The van der Waals surface area contributed by atoms with Crippen LogP contribution in [0, 0.1) is 0 Å². The second kappa shape index (κ2) is 5.41. The highest BCUT2D eigenvalue weighted by Gasteiger charge is 2.35. The third-order valence-corrected chi connectivity index (χ3v) is 4.89. The van der Waals surface area contributed by atoms with Gasteiger partial charge in [0, 0.05) is 19.6 Å². The second-order valence-electron chi connectivity index (χ2n) is 3.79. The molecule has 1 aliphatic rings. The van der Waals surface area contributed by atoms with Crippen LogP contribution < -0.4 is 5.84 Å². The van der Waals surface area contributed by atoms with Gasteiger partial charge in [0.25, 0.3) is 5.78 Å². The zero-order valence-electron chi connectivity index (χ0n) is 9.31. The molecule has 0 aromatic heterocycles. The average molecular weight is 331 g/mol. The Morgan fingerprint density at radius 2 is 1.74 bits per heavy atom. The van der Waals surface area contributed by atoms with Crippen LogP contribution >= 0.6 is 50.5 Å². The van der Waals surface area contributed by atoms with E-state index in [-0.39, 0.29) is 0 Å². The first-order valence-electron chi connectivity index (χ1n) is 4.96. The highest BCUT2D eigenvalue weighted by molar-refractivity contribution is 7.86. The summed E-state index contributed by atoms with van der Waals surface area (Å²) in [6, 6.07) is 0.603. The van der Waals surface area contributed by atoms with E-state index in [1.165, 1.54) is 0 Å². The van der Waals surface area contributed by atoms with Gasteiger partial charge in [-0.25, -0.2) is 5.84 Å². The molecule has 0 aliphatic carbocycles. The maximum Gasteiger partial charge on any atom is 0.317 e. The molecule has 1 aliphatic heterocycles. The van der Waals surface area contributed by atoms with E-state index >= 15 is 0 Å². The first-order valence-corrected chi connectivity index (χ1v) is 6.75. The summed E-state index contributed by atoms with van der Waals surface area (Å²) < 4.78 is 0. The van der Waals surface area contributed by atoms with E-state index in [1.54, 1.807) is 6.07 Å². The van der Waals surface area contributed by atoms with Crippen LogP contribution in [-0.4, -0.2) is 23.0 Å². The molecular formula is C10H9N3O2S4. The van der Waals surface area contributed by atoms with Crippen molar-refractivity contribution >= 4 is 68.5 Å². The molecule has 9 heteroatoms. The third kappa shape index (κ3) is 2.52. The standard InChI is InChI=1S/C10H9N3O2S4/c11-13-2-12-10(15)6(14)5(13)3-1-4(16)8(18)9(19)7(3)17/h1-2,5,16-19H,11H2. The number of hydrazine groups is 1. The molecular weight excluding hydrogens is 322 g/mol. The number of amides is 1. The largest absolute Gasteiger partial charge is 0.317 e. The number of hydrogen-bond donors (Lipinski definition) is 5. The Balaban J connectivity index is 2.62. The highest BCUT2D eigenvalue weighted by atomic mass is 32.1. The minimum Gasteiger partial charge on any atom is -0.286 e. The van der Waals surface area contributed by atoms with E-state index in [1.807, 2.05) is 0 Å². The number of aliphatic imine (C=N–C) groups is 1. The lowest BCUT2D eigenvalue weighted by atomic mass is 10.0. The number of rotatable bonds is 1. The number of thiol groups is 4. The van der Waals surface area contributed by atoms with Crippen molar-refractivity contribution in [1.82, 2.24) is 5.01 Å². The fourth-order valence-corrected chi connectivity index (χ4v) is 2.82. The minimum atomic E-state index is -0.983. The number of nitrogens with zero attached hydrogens (tertiary/aromatic N) is 2. The molecule has 5 nitrogen and oxygen atoms in total. The number of benzene rings is 1. The minimum absolute atomic E-state index is 0.419. The van der Waals surface area contributed by atoms with E-state index < -0.39 is 17.7 Å². The molecule has 100 valence electrons. The van der Waals surface area contributed by atoms with Crippen molar-refractivity contribution in [2.24, 2.45) is 10.8 Å². The number of carbonyl (C=O) groups is 2. The molecule has 2 N–H and O–H groups in total. The maximum absolute atomic E-state index is 11.9. The van der Waals surface area contributed by atoms with E-state index in [4.69, 9.17) is 5.84 Å². The van der Waals surface area contributed by atoms with Crippen LogP contribution in [0.5, 0.6) is 0 Å². The Hall–Kier alpha value is -0.610. The molecule has 0 bridgehead atoms. The van der Waals surface area contributed by atoms with E-state index in [2.05, 4.69) is 55.5 Å². The molecule has 2 rings (SSSR count). The quantitative estimate of drug-likeness (QED) is 0.304. The maximum atomic E-state index is 11.9. The number of carbonyl (C=O) groups excluding carboxylic acids is 2. The van der Waals surface area contributed by atoms with Crippen molar-refractivity contribution in [3.63, 3.8) is 0 Å². The fourth-order valence-electron chi connectivity index (χ4n) is 1.67. The van der Waals surface area contributed by atoms with Crippen LogP contribution in [0.1, 0.15) is 11.6 Å². The van der Waals surface area contributed by atoms with Crippen LogP contribution in [-0.2, 0) is 9.59 Å². The topological polar surface area (TPSA) is 75.8 Å². The van der Waals surface area contributed by atoms with Crippen LogP contribution in [0.25, 0.3) is 0 Å². The third-order valence-electron chi connectivity index (χ3n) is 2.62. The van der Waals surface area contributed by atoms with Gasteiger partial charge in [0.05, 0.1) is 0 Å². The van der Waals surface area contributed by atoms with Crippen LogP contribution in [0.4, 0.5) is 0 Å². The van der Waals surface area contributed by atoms with Gasteiger partial charge in [-0.3, -0.25) is 14.6 Å². The Kier molecular flexibility index (Phi) is 4.21. The fraction of sp³-hybridized carbons (Fsp3) is 0.100. The predicted molar refractivity (Wildman–Crippen MR) is 82.7 cm³/mol. The summed E-state index contributed by atoms with van der Waals surface area (Å²) in [4.78, 5) is 28.6. The summed E-state index contributed by atoms with van der Waals surface area (Å²) in [5, 5.41) is 1.05. The van der Waals surface area contributed by atoms with Gasteiger partial charge in [0.2, 0.25) is 0 Å². The Bertz CT molecular complexity index is 617. The van der Waals surface area contributed by atoms with Gasteiger partial charge in [-0.1, -0.05) is 0 Å². The van der Waals surface area contributed by atoms with Crippen molar-refractivity contribution in [1.29, 1.82) is 0 Å². The van der Waals surface area contributed by atoms with Crippen molar-refractivity contribution in [3.05, 3.63) is 11.6 Å². The Morgan fingerprint density at radius 1 is 1.11 bits per heavy atom. The van der Waals surface area contributed by atoms with Gasteiger partial charge in [-0.2, -0.15) is 4.99 Å². The lowest BCUT2D eigenvalue weighted by Gasteiger charge is -2.28. The molecule has 1 atom stereocenters. The van der Waals surface area contributed by atoms with Crippen molar-refractivity contribution in [3.8, 4) is 0 Å². The van der Waals surface area contributed by atoms with Gasteiger partial charge in [0.1, 0.15) is 12.4 Å². The van der Waals surface area contributed by atoms with Gasteiger partial charge in [0.15, 0.2) is 0 Å². The summed E-state index contributed by atoms with van der Waals surface area (Å²) >= 11 is 17.0. The van der Waals surface area contributed by atoms with Gasteiger partial charge >= 0.3 is 5.91 Å². The van der Waals surface area contributed by atoms with Crippen molar-refractivity contribution < 1.29 is 9.59 Å². The molecule has 1 aromatic carbocycles. The van der Waals surface area contributed by atoms with Crippen molar-refractivity contribution in [2.75, 3.05) is 0 Å². The Morgan fingerprint density at radius 3 is 2.37 bits per heavy atom. The zero-order chi connectivity index (χ0) is 14.3. The number of hydrogen-bond acceptors (Lipinski definition) is 8. The second-order valence-corrected chi connectivity index (χ2v) is 5.62. The number of ketones is 1. The molecule has 0 spiro atoms. The van der Waals surface area contributed by atoms with Crippen molar-refractivity contribution in [2.45, 2.75) is 25.6 Å². The number of Topliss-reactive ketones (excluding diaryl/α,β-unsaturated/α-hetero) is 1. The predicted octanol–water partition coefficient (Wildman–Crippen LogP) is 1.20. The van der Waals surface area contributed by atoms with Gasteiger partial charge in [-0.05, 0) is 11.6 Å². The van der Waals surface area contributed by atoms with E-state index in [9.17, 15) is 9.59 Å². The summed E-state index contributed by atoms with van der Waals surface area (Å²) in [6.45, 7) is 0. The molecule has 0 fully saturated rings. The summed E-state index contributed by atoms with van der Waals surface area (Å²) in [7, 11) is 0. The van der Waals surface area contributed by atoms with Gasteiger partial charge in [-0.15, -0.1) is 50.5 Å². The first-order chi connectivity index (χ1) is 8.84. The van der Waals surface area contributed by atoms with Crippen LogP contribution in [0.15, 0.2) is 30.6 Å². The smallest absolute Gasteiger partial charge is 0.286 e. The van der Waals surface area contributed by atoms with Crippen LogP contribution in [0.3, 0.4) is 0 Å². The number of nitrogens with two attached hydrogens (primary N) is 1. The molecule has 1 amide bonds. The van der Waals surface area contributed by atoms with E-state index in [0.717, 1.165) is 11.3 Å². The highest BCUT2D eigenvalue weighted by Crippen LogP contribution is 2.38. The zero-order valence-corrected chi connectivity index (χ0v) is 12.9. The average Bonchev–Trinajstić information content (AvgIpc) is 2.38. The molecule has 1 unspecified atom stereocenters. The lowest BCUT2D eigenvalue weighted by Crippen LogP contribution is -2.44. The Labute approximate surface area is 131 Å². The molecule has 0 saturated heterocycles. The molecule has 0 radical (unpaired) electrons. The van der Waals surface area contributed by atoms with E-state index in [0.29, 0.717) is 25.1 Å².